The highest BCUT2D eigenvalue weighted by Crippen LogP contribution is 2.07. The quantitative estimate of drug-likeness (QED) is 0.910. The summed E-state index contributed by atoms with van der Waals surface area (Å²) < 4.78 is 1.44. The Hall–Kier alpha value is -2.10. The molecule has 1 atom stereocenters. The molecule has 1 aromatic heterocycles. The lowest BCUT2D eigenvalue weighted by atomic mass is 10.2. The van der Waals surface area contributed by atoms with Crippen LogP contribution in [0.15, 0.2) is 41.3 Å². The Bertz CT molecular complexity index is 646. The fourth-order valence-corrected chi connectivity index (χ4v) is 1.93. The lowest BCUT2D eigenvalue weighted by molar-refractivity contribution is -0.122. The number of hydrogen-bond donors (Lipinski definition) is 1. The average molecular weight is 258 g/mol. The van der Waals surface area contributed by atoms with Gasteiger partial charge in [0.15, 0.2) is 0 Å². The second kappa shape index (κ2) is 5.69. The summed E-state index contributed by atoms with van der Waals surface area (Å²) in [5, 5.41) is 4.39. The molecule has 2 rings (SSSR count). The van der Waals surface area contributed by atoms with E-state index in [1.165, 1.54) is 4.57 Å². The van der Waals surface area contributed by atoms with Crippen LogP contribution in [0.25, 0.3) is 10.8 Å². The second-order valence-corrected chi connectivity index (χ2v) is 4.71. The molecule has 0 radical (unpaired) electrons. The first kappa shape index (κ1) is 13.3. The molecule has 0 aliphatic carbocycles. The van der Waals surface area contributed by atoms with Gasteiger partial charge in [-0.3, -0.25) is 9.59 Å². The topological polar surface area (TPSA) is 51.1 Å². The highest BCUT2D eigenvalue weighted by Gasteiger charge is 2.08. The maximum absolute atomic E-state index is 12.2. The van der Waals surface area contributed by atoms with Crippen molar-refractivity contribution in [1.29, 1.82) is 0 Å². The summed E-state index contributed by atoms with van der Waals surface area (Å²) >= 11 is 0. The number of hydrogen-bond acceptors (Lipinski definition) is 2. The molecule has 0 bridgehead atoms. The largest absolute Gasteiger partial charge is 0.352 e. The third-order valence-corrected chi connectivity index (χ3v) is 3.22. The monoisotopic (exact) mass is 258 g/mol. The summed E-state index contributed by atoms with van der Waals surface area (Å²) in [6.45, 7) is 4.02. The van der Waals surface area contributed by atoms with Gasteiger partial charge in [0, 0.05) is 17.6 Å². The van der Waals surface area contributed by atoms with Crippen molar-refractivity contribution in [1.82, 2.24) is 9.88 Å². The summed E-state index contributed by atoms with van der Waals surface area (Å²) in [5.74, 6) is -0.133. The van der Waals surface area contributed by atoms with E-state index in [1.54, 1.807) is 12.3 Å². The first-order valence-corrected chi connectivity index (χ1v) is 6.49. The van der Waals surface area contributed by atoms with Crippen molar-refractivity contribution < 1.29 is 4.79 Å². The molecule has 100 valence electrons. The number of carbonyl (C=O) groups is 1. The van der Waals surface area contributed by atoms with Crippen LogP contribution in [0.2, 0.25) is 0 Å². The van der Waals surface area contributed by atoms with Crippen molar-refractivity contribution in [3.8, 4) is 0 Å². The van der Waals surface area contributed by atoms with Crippen molar-refractivity contribution in [3.63, 3.8) is 0 Å². The van der Waals surface area contributed by atoms with E-state index in [-0.39, 0.29) is 24.1 Å². The number of benzene rings is 1. The van der Waals surface area contributed by atoms with Crippen LogP contribution in [0.5, 0.6) is 0 Å². The normalized spacial score (nSPS) is 12.3. The van der Waals surface area contributed by atoms with Crippen LogP contribution in [0.3, 0.4) is 0 Å². The van der Waals surface area contributed by atoms with Gasteiger partial charge in [-0.05, 0) is 30.9 Å². The Morgan fingerprint density at radius 3 is 2.79 bits per heavy atom. The van der Waals surface area contributed by atoms with E-state index in [0.29, 0.717) is 5.39 Å². The van der Waals surface area contributed by atoms with Gasteiger partial charge >= 0.3 is 0 Å². The Morgan fingerprint density at radius 1 is 1.32 bits per heavy atom. The van der Waals surface area contributed by atoms with Gasteiger partial charge in [-0.25, -0.2) is 0 Å². The van der Waals surface area contributed by atoms with Gasteiger partial charge < -0.3 is 9.88 Å². The molecule has 4 heteroatoms. The minimum absolute atomic E-state index is 0.0635. The van der Waals surface area contributed by atoms with Crippen LogP contribution in [0.4, 0.5) is 0 Å². The molecule has 1 amide bonds. The zero-order valence-electron chi connectivity index (χ0n) is 11.2. The molecule has 0 saturated heterocycles. The molecule has 2 aromatic rings. The van der Waals surface area contributed by atoms with E-state index in [9.17, 15) is 9.59 Å². The third kappa shape index (κ3) is 3.02. The molecule has 1 N–H and O–H groups in total. The van der Waals surface area contributed by atoms with Gasteiger partial charge in [-0.2, -0.15) is 0 Å². The predicted octanol–water partition coefficient (Wildman–Crippen LogP) is 1.92. The number of carbonyl (C=O) groups excluding carboxylic acids is 1. The first-order valence-electron chi connectivity index (χ1n) is 6.49. The number of nitrogens with zero attached hydrogens (tertiary/aromatic N) is 1. The van der Waals surface area contributed by atoms with Crippen LogP contribution >= 0.6 is 0 Å². The van der Waals surface area contributed by atoms with Crippen molar-refractivity contribution in [2.24, 2.45) is 0 Å². The minimum Gasteiger partial charge on any atom is -0.352 e. The molecule has 19 heavy (non-hydrogen) atoms. The fourth-order valence-electron chi connectivity index (χ4n) is 1.93. The fraction of sp³-hybridized carbons (Fsp3) is 0.333. The Morgan fingerprint density at radius 2 is 2.05 bits per heavy atom. The number of pyridine rings is 1. The maximum Gasteiger partial charge on any atom is 0.258 e. The zero-order valence-corrected chi connectivity index (χ0v) is 11.2. The Kier molecular flexibility index (Phi) is 4.00. The zero-order chi connectivity index (χ0) is 13.8. The summed E-state index contributed by atoms with van der Waals surface area (Å²) in [6, 6.07) is 9.37. The summed E-state index contributed by atoms with van der Waals surface area (Å²) in [7, 11) is 0. The van der Waals surface area contributed by atoms with Gasteiger partial charge in [-0.15, -0.1) is 0 Å². The molecule has 0 aliphatic heterocycles. The van der Waals surface area contributed by atoms with Crippen molar-refractivity contribution in [2.75, 3.05) is 0 Å². The number of fused-ring (bicyclic) bond motifs is 1. The van der Waals surface area contributed by atoms with Gasteiger partial charge in [-0.1, -0.05) is 25.1 Å². The molecule has 0 spiro atoms. The Balaban J connectivity index is 2.24. The molecule has 0 saturated carbocycles. The number of amides is 1. The average Bonchev–Trinajstić information content (AvgIpc) is 2.42. The van der Waals surface area contributed by atoms with Gasteiger partial charge in [0.05, 0.1) is 0 Å². The summed E-state index contributed by atoms with van der Waals surface area (Å²) in [4.78, 5) is 24.0. The lowest BCUT2D eigenvalue weighted by Crippen LogP contribution is -2.36. The third-order valence-electron chi connectivity index (χ3n) is 3.22. The molecule has 1 heterocycles. The lowest BCUT2D eigenvalue weighted by Gasteiger charge is -2.12. The van der Waals surface area contributed by atoms with Crippen molar-refractivity contribution in [2.45, 2.75) is 32.9 Å². The maximum atomic E-state index is 12.2. The van der Waals surface area contributed by atoms with Crippen LogP contribution in [0.1, 0.15) is 20.3 Å². The molecule has 0 unspecified atom stereocenters. The summed E-state index contributed by atoms with van der Waals surface area (Å²) in [6.07, 6.45) is 2.54. The first-order chi connectivity index (χ1) is 9.11. The van der Waals surface area contributed by atoms with Gasteiger partial charge in [0.25, 0.3) is 5.56 Å². The minimum atomic E-state index is -0.133. The Labute approximate surface area is 112 Å². The molecule has 1 aromatic carbocycles. The summed E-state index contributed by atoms with van der Waals surface area (Å²) in [5.41, 5.74) is -0.127. The number of nitrogens with one attached hydrogen (secondary N) is 1. The molecular formula is C15H18N2O2. The molecule has 4 nitrogen and oxygen atoms in total. The molecule has 0 aliphatic rings. The second-order valence-electron chi connectivity index (χ2n) is 4.71. The van der Waals surface area contributed by atoms with Crippen LogP contribution in [0, 0.1) is 0 Å². The van der Waals surface area contributed by atoms with E-state index >= 15 is 0 Å². The predicted molar refractivity (Wildman–Crippen MR) is 76.1 cm³/mol. The number of rotatable bonds is 4. The molecule has 0 fully saturated rings. The number of aromatic nitrogens is 1. The van der Waals surface area contributed by atoms with E-state index in [4.69, 9.17) is 0 Å². The van der Waals surface area contributed by atoms with Crippen LogP contribution < -0.4 is 10.9 Å². The highest BCUT2D eigenvalue weighted by atomic mass is 16.2. The SMILES string of the molecule is CC[C@H](C)NC(=O)Cn1ccc2ccccc2c1=O. The van der Waals surface area contributed by atoms with E-state index < -0.39 is 0 Å². The van der Waals surface area contributed by atoms with E-state index in [2.05, 4.69) is 5.32 Å². The van der Waals surface area contributed by atoms with Crippen molar-refractivity contribution >= 4 is 16.7 Å². The van der Waals surface area contributed by atoms with Gasteiger partial charge in [0.2, 0.25) is 5.91 Å². The molecular weight excluding hydrogens is 240 g/mol. The van der Waals surface area contributed by atoms with Crippen LogP contribution in [-0.2, 0) is 11.3 Å². The van der Waals surface area contributed by atoms with Crippen molar-refractivity contribution in [3.05, 3.63) is 46.9 Å². The van der Waals surface area contributed by atoms with Gasteiger partial charge in [0.1, 0.15) is 6.54 Å². The van der Waals surface area contributed by atoms with E-state index in [1.807, 2.05) is 38.1 Å². The van der Waals surface area contributed by atoms with E-state index in [0.717, 1.165) is 11.8 Å². The highest BCUT2D eigenvalue weighted by molar-refractivity contribution is 5.82. The smallest absolute Gasteiger partial charge is 0.258 e. The standard InChI is InChI=1S/C15H18N2O2/c1-3-11(2)16-14(18)10-17-9-8-12-6-4-5-7-13(12)15(17)19/h4-9,11H,3,10H2,1-2H3,(H,16,18)/t11-/m0/s1. The van der Waals surface area contributed by atoms with Crippen LogP contribution in [-0.4, -0.2) is 16.5 Å².